The number of aromatic nitrogens is 2. The number of amides is 1. The van der Waals surface area contributed by atoms with Gasteiger partial charge in [-0.2, -0.15) is 0 Å². The Hall–Kier alpha value is -2.48. The average Bonchev–Trinajstić information content (AvgIpc) is 3.52. The van der Waals surface area contributed by atoms with E-state index in [4.69, 9.17) is 15.1 Å². The number of hydrogen-bond acceptors (Lipinski definition) is 6. The van der Waals surface area contributed by atoms with Gasteiger partial charge in [-0.1, -0.05) is 15.9 Å². The first-order valence-corrected chi connectivity index (χ1v) is 11.9. The smallest absolute Gasteiger partial charge is 0.407 e. The van der Waals surface area contributed by atoms with Crippen LogP contribution in [0.1, 0.15) is 52.1 Å². The summed E-state index contributed by atoms with van der Waals surface area (Å²) in [6, 6.07) is 6.16. The Morgan fingerprint density at radius 2 is 2.03 bits per heavy atom. The van der Waals surface area contributed by atoms with Crippen molar-refractivity contribution < 1.29 is 9.53 Å². The van der Waals surface area contributed by atoms with Crippen molar-refractivity contribution in [3.63, 3.8) is 0 Å². The topological polar surface area (TPSA) is 100.0 Å². The third-order valence-corrected chi connectivity index (χ3v) is 6.18. The molecule has 32 heavy (non-hydrogen) atoms. The molecule has 1 aromatic carbocycles. The van der Waals surface area contributed by atoms with Crippen LogP contribution >= 0.6 is 15.9 Å². The van der Waals surface area contributed by atoms with E-state index < -0.39 is 5.60 Å². The van der Waals surface area contributed by atoms with Crippen molar-refractivity contribution in [2.24, 2.45) is 11.8 Å². The first-order valence-electron chi connectivity index (χ1n) is 11.1. The molecule has 2 saturated carbocycles. The van der Waals surface area contributed by atoms with Crippen LogP contribution in [0.15, 0.2) is 35.1 Å². The van der Waals surface area contributed by atoms with Gasteiger partial charge < -0.3 is 20.8 Å². The first kappa shape index (κ1) is 22.7. The van der Waals surface area contributed by atoms with Crippen LogP contribution in [0.4, 0.5) is 4.79 Å². The molecule has 1 heterocycles. The van der Waals surface area contributed by atoms with Gasteiger partial charge in [-0.25, -0.2) is 9.78 Å². The number of nitrogens with zero attached hydrogens (tertiary/aromatic N) is 2. The molecule has 0 radical (unpaired) electrons. The molecule has 0 spiro atoms. The maximum absolute atomic E-state index is 11.8. The zero-order valence-electron chi connectivity index (χ0n) is 18.7. The molecule has 7 nitrogen and oxygen atoms in total. The summed E-state index contributed by atoms with van der Waals surface area (Å²) in [4.78, 5) is 21.1. The number of halogens is 1. The predicted molar refractivity (Wildman–Crippen MR) is 130 cm³/mol. The van der Waals surface area contributed by atoms with Gasteiger partial charge in [0.15, 0.2) is 0 Å². The lowest BCUT2D eigenvalue weighted by Gasteiger charge is -2.36. The van der Waals surface area contributed by atoms with Crippen LogP contribution in [0.5, 0.6) is 0 Å². The molecule has 0 atom stereocenters. The van der Waals surface area contributed by atoms with Crippen molar-refractivity contribution in [1.82, 2.24) is 20.6 Å². The van der Waals surface area contributed by atoms with Crippen molar-refractivity contribution in [1.29, 1.82) is 5.41 Å². The molecule has 1 amide bonds. The van der Waals surface area contributed by atoms with Crippen LogP contribution in [-0.4, -0.2) is 40.0 Å². The van der Waals surface area contributed by atoms with E-state index in [0.29, 0.717) is 30.1 Å². The molecule has 2 aliphatic carbocycles. The molecule has 2 fully saturated rings. The van der Waals surface area contributed by atoms with E-state index >= 15 is 0 Å². The second-order valence-electron chi connectivity index (χ2n) is 9.72. The molecule has 4 rings (SSSR count). The van der Waals surface area contributed by atoms with Crippen molar-refractivity contribution >= 4 is 44.3 Å². The lowest BCUT2D eigenvalue weighted by molar-refractivity contribution is 0.0505. The van der Waals surface area contributed by atoms with Crippen LogP contribution in [0.25, 0.3) is 16.6 Å². The molecular weight excluding hydrogens is 470 g/mol. The SMILES string of the molecule is CC(C)(C)OC(=O)NC[C@H]1C[C@H](N/C=C(\C(=N)C2CC2)c2cnc3ccc(Br)cc3n2)C1. The Balaban J connectivity index is 1.37. The molecular formula is C24H30BrN5O2. The summed E-state index contributed by atoms with van der Waals surface area (Å²) in [6.45, 7) is 6.19. The van der Waals surface area contributed by atoms with Crippen LogP contribution in [0.2, 0.25) is 0 Å². The van der Waals surface area contributed by atoms with Gasteiger partial charge in [0.25, 0.3) is 0 Å². The van der Waals surface area contributed by atoms with Gasteiger partial charge in [-0.3, -0.25) is 4.98 Å². The van der Waals surface area contributed by atoms with E-state index in [1.165, 1.54) is 0 Å². The number of hydrogen-bond donors (Lipinski definition) is 3. The van der Waals surface area contributed by atoms with Crippen LogP contribution in [0.3, 0.4) is 0 Å². The standard InChI is InChI=1S/C24H30BrN5O2/c1-24(2,3)32-23(31)29-11-14-8-17(9-14)27-12-18(22(26)15-4-5-15)21-13-28-19-7-6-16(25)10-20(19)30-21/h6-7,10,12-15,17,26-27H,4-5,8-9,11H2,1-3H3,(H,29,31)/b18-12-,26-22?/t14-,17-. The molecule has 0 saturated heterocycles. The minimum atomic E-state index is -0.483. The van der Waals surface area contributed by atoms with Gasteiger partial charge in [0.2, 0.25) is 0 Å². The second kappa shape index (κ2) is 9.17. The molecule has 3 N–H and O–H groups in total. The summed E-state index contributed by atoms with van der Waals surface area (Å²) in [7, 11) is 0. The van der Waals surface area contributed by atoms with Crippen molar-refractivity contribution in [3.05, 3.63) is 40.8 Å². The fourth-order valence-electron chi connectivity index (χ4n) is 3.78. The van der Waals surface area contributed by atoms with Crippen LogP contribution in [-0.2, 0) is 4.74 Å². The zero-order valence-corrected chi connectivity index (χ0v) is 20.3. The van der Waals surface area contributed by atoms with Gasteiger partial charge in [0.05, 0.1) is 22.9 Å². The Morgan fingerprint density at radius 1 is 1.28 bits per heavy atom. The molecule has 0 unspecified atom stereocenters. The number of allylic oxidation sites excluding steroid dienone is 1. The minimum absolute atomic E-state index is 0.315. The van der Waals surface area contributed by atoms with Gasteiger partial charge in [0.1, 0.15) is 5.60 Å². The Labute approximate surface area is 197 Å². The minimum Gasteiger partial charge on any atom is -0.444 e. The molecule has 170 valence electrons. The highest BCUT2D eigenvalue weighted by Gasteiger charge is 2.32. The highest BCUT2D eigenvalue weighted by Crippen LogP contribution is 2.35. The maximum atomic E-state index is 11.8. The first-order chi connectivity index (χ1) is 15.2. The van der Waals surface area contributed by atoms with Crippen molar-refractivity contribution in [2.45, 2.75) is 58.1 Å². The van der Waals surface area contributed by atoms with E-state index in [0.717, 1.165) is 52.5 Å². The number of carbonyl (C=O) groups excluding carboxylic acids is 1. The number of ether oxygens (including phenoxy) is 1. The molecule has 8 heteroatoms. The monoisotopic (exact) mass is 499 g/mol. The highest BCUT2D eigenvalue weighted by atomic mass is 79.9. The zero-order chi connectivity index (χ0) is 22.9. The molecule has 0 aliphatic heterocycles. The Bertz CT molecular complexity index is 1050. The van der Waals surface area contributed by atoms with Gasteiger partial charge in [0, 0.05) is 40.5 Å². The van der Waals surface area contributed by atoms with Crippen molar-refractivity contribution in [3.8, 4) is 0 Å². The van der Waals surface area contributed by atoms with Crippen molar-refractivity contribution in [2.75, 3.05) is 6.54 Å². The summed E-state index contributed by atoms with van der Waals surface area (Å²) in [5.41, 5.74) is 3.33. The van der Waals surface area contributed by atoms with E-state index in [1.807, 2.05) is 45.2 Å². The normalized spacial score (nSPS) is 21.1. The fourth-order valence-corrected chi connectivity index (χ4v) is 4.13. The number of nitrogens with one attached hydrogen (secondary N) is 3. The van der Waals surface area contributed by atoms with Crippen LogP contribution < -0.4 is 10.6 Å². The summed E-state index contributed by atoms with van der Waals surface area (Å²) in [5.74, 6) is 0.743. The summed E-state index contributed by atoms with van der Waals surface area (Å²) >= 11 is 3.49. The average molecular weight is 500 g/mol. The third kappa shape index (κ3) is 5.85. The summed E-state index contributed by atoms with van der Waals surface area (Å²) in [5, 5.41) is 15.0. The lowest BCUT2D eigenvalue weighted by atomic mass is 9.80. The van der Waals surface area contributed by atoms with Gasteiger partial charge in [-0.05, 0) is 70.6 Å². The number of benzene rings is 1. The number of alkyl carbamates (subject to hydrolysis) is 1. The van der Waals surface area contributed by atoms with E-state index in [-0.39, 0.29) is 6.09 Å². The van der Waals surface area contributed by atoms with Gasteiger partial charge in [-0.15, -0.1) is 0 Å². The van der Waals surface area contributed by atoms with E-state index in [9.17, 15) is 4.79 Å². The second-order valence-corrected chi connectivity index (χ2v) is 10.6. The lowest BCUT2D eigenvalue weighted by Crippen LogP contribution is -2.45. The highest BCUT2D eigenvalue weighted by molar-refractivity contribution is 9.10. The number of fused-ring (bicyclic) bond motifs is 1. The summed E-state index contributed by atoms with van der Waals surface area (Å²) in [6.07, 6.45) is 7.38. The third-order valence-electron chi connectivity index (χ3n) is 5.69. The molecule has 2 aliphatic rings. The largest absolute Gasteiger partial charge is 0.444 e. The quantitative estimate of drug-likeness (QED) is 0.462. The molecule has 0 bridgehead atoms. The van der Waals surface area contributed by atoms with E-state index in [2.05, 4.69) is 31.5 Å². The van der Waals surface area contributed by atoms with Crippen LogP contribution in [0, 0.1) is 17.2 Å². The Morgan fingerprint density at radius 3 is 2.72 bits per heavy atom. The van der Waals surface area contributed by atoms with E-state index in [1.54, 1.807) is 6.20 Å². The number of rotatable bonds is 7. The Kier molecular flexibility index (Phi) is 6.51. The predicted octanol–water partition coefficient (Wildman–Crippen LogP) is 5.06. The number of carbonyl (C=O) groups is 1. The van der Waals surface area contributed by atoms with Gasteiger partial charge >= 0.3 is 6.09 Å². The molecule has 2 aromatic rings. The fraction of sp³-hybridized carbons (Fsp3) is 0.500. The molecule has 1 aromatic heterocycles. The summed E-state index contributed by atoms with van der Waals surface area (Å²) < 4.78 is 6.25. The maximum Gasteiger partial charge on any atom is 0.407 e.